The summed E-state index contributed by atoms with van der Waals surface area (Å²) in [6, 6.07) is 0.985. The number of halogens is 1. The van der Waals surface area contributed by atoms with E-state index < -0.39 is 25.8 Å². The quantitative estimate of drug-likeness (QED) is 0.743. The van der Waals surface area contributed by atoms with Gasteiger partial charge in [0.15, 0.2) is 10.4 Å². The van der Waals surface area contributed by atoms with Gasteiger partial charge in [-0.3, -0.25) is 4.79 Å². The zero-order valence-corrected chi connectivity index (χ0v) is 13.9. The normalized spacial score (nSPS) is 12.4. The monoisotopic (exact) mass is 388 g/mol. The number of hydrogen-bond acceptors (Lipinski definition) is 6. The Morgan fingerprint density at radius 3 is 2.35 bits per heavy atom. The number of primary sulfonamides is 1. The highest BCUT2D eigenvalue weighted by Crippen LogP contribution is 2.25. The van der Waals surface area contributed by atoms with Crippen molar-refractivity contribution < 1.29 is 26.0 Å². The Kier molecular flexibility index (Phi) is 5.00. The second kappa shape index (κ2) is 5.84. The molecule has 8 nitrogen and oxygen atoms in total. The minimum atomic E-state index is -4.01. The summed E-state index contributed by atoms with van der Waals surface area (Å²) in [5.74, 6) is -1.11. The number of rotatable bonds is 5. The van der Waals surface area contributed by atoms with Crippen LogP contribution >= 0.6 is 15.9 Å². The van der Waals surface area contributed by atoms with Gasteiger partial charge in [-0.2, -0.15) is 0 Å². The first kappa shape index (κ1) is 17.1. The Labute approximate surface area is 125 Å². The number of hydrogen-bond donors (Lipinski definition) is 1. The van der Waals surface area contributed by atoms with E-state index in [1.165, 1.54) is 7.05 Å². The van der Waals surface area contributed by atoms with Crippen molar-refractivity contribution in [1.82, 2.24) is 4.90 Å². The van der Waals surface area contributed by atoms with Crippen molar-refractivity contribution in [3.63, 3.8) is 0 Å². The maximum absolute atomic E-state index is 11.9. The van der Waals surface area contributed by atoms with Crippen LogP contribution in [0, 0.1) is 0 Å². The van der Waals surface area contributed by atoms with Gasteiger partial charge in [0.25, 0.3) is 5.91 Å². The summed E-state index contributed by atoms with van der Waals surface area (Å²) in [7, 11) is -5.85. The fraction of sp³-hybridized carbons (Fsp3) is 0.444. The van der Waals surface area contributed by atoms with Gasteiger partial charge in [-0.05, 0) is 15.9 Å². The second-order valence-corrected chi connectivity index (χ2v) is 8.66. The number of carbonyl (C=O) groups is 1. The second-order valence-electron chi connectivity index (χ2n) is 4.15. The highest BCUT2D eigenvalue weighted by atomic mass is 79.9. The average Bonchev–Trinajstić information content (AvgIpc) is 2.65. The van der Waals surface area contributed by atoms with Crippen LogP contribution in [-0.2, 0) is 19.9 Å². The molecule has 0 bridgehead atoms. The number of carbonyl (C=O) groups excluding carboxylic acids is 1. The Morgan fingerprint density at radius 1 is 1.40 bits per heavy atom. The molecular weight excluding hydrogens is 376 g/mol. The minimum absolute atomic E-state index is 0.0410. The van der Waals surface area contributed by atoms with Gasteiger partial charge in [0.2, 0.25) is 10.0 Å². The molecular formula is C9H13BrN2O6S2. The van der Waals surface area contributed by atoms with E-state index in [4.69, 9.17) is 9.56 Å². The molecule has 0 saturated heterocycles. The predicted molar refractivity (Wildman–Crippen MR) is 74.5 cm³/mol. The molecule has 0 radical (unpaired) electrons. The third-order valence-corrected chi connectivity index (χ3v) is 5.01. The van der Waals surface area contributed by atoms with Gasteiger partial charge in [-0.25, -0.2) is 22.0 Å². The lowest BCUT2D eigenvalue weighted by Gasteiger charge is -2.14. The predicted octanol–water partition coefficient (Wildman–Crippen LogP) is -0.194. The zero-order valence-electron chi connectivity index (χ0n) is 10.7. The lowest BCUT2D eigenvalue weighted by Crippen LogP contribution is -2.31. The Bertz CT molecular complexity index is 722. The first-order chi connectivity index (χ1) is 8.92. The van der Waals surface area contributed by atoms with Crippen LogP contribution in [0.25, 0.3) is 0 Å². The van der Waals surface area contributed by atoms with E-state index >= 15 is 0 Å². The van der Waals surface area contributed by atoms with E-state index in [0.717, 1.165) is 17.2 Å². The maximum atomic E-state index is 11.9. The van der Waals surface area contributed by atoms with Gasteiger partial charge in [-0.1, -0.05) is 0 Å². The van der Waals surface area contributed by atoms with E-state index in [0.29, 0.717) is 0 Å². The van der Waals surface area contributed by atoms with E-state index in [-0.39, 0.29) is 27.6 Å². The Morgan fingerprint density at radius 2 is 1.95 bits per heavy atom. The molecule has 0 aliphatic carbocycles. The fourth-order valence-corrected chi connectivity index (χ4v) is 3.35. The van der Waals surface area contributed by atoms with Crippen molar-refractivity contribution in [3.8, 4) is 0 Å². The van der Waals surface area contributed by atoms with Crippen LogP contribution in [0.15, 0.2) is 20.0 Å². The van der Waals surface area contributed by atoms with Crippen LogP contribution in [0.1, 0.15) is 10.6 Å². The summed E-state index contributed by atoms with van der Waals surface area (Å²) in [5.41, 5.74) is 0. The third-order valence-electron chi connectivity index (χ3n) is 2.32. The highest BCUT2D eigenvalue weighted by Gasteiger charge is 2.24. The highest BCUT2D eigenvalue weighted by molar-refractivity contribution is 9.10. The van der Waals surface area contributed by atoms with Gasteiger partial charge in [0, 0.05) is 25.9 Å². The molecule has 0 fully saturated rings. The molecule has 0 aliphatic rings. The van der Waals surface area contributed by atoms with E-state index in [1.54, 1.807) is 0 Å². The maximum Gasteiger partial charge on any atom is 0.289 e. The molecule has 0 saturated carbocycles. The van der Waals surface area contributed by atoms with Crippen molar-refractivity contribution in [1.29, 1.82) is 0 Å². The smallest absolute Gasteiger partial charge is 0.289 e. The van der Waals surface area contributed by atoms with E-state index in [9.17, 15) is 21.6 Å². The van der Waals surface area contributed by atoms with Crippen LogP contribution in [0.5, 0.6) is 0 Å². The number of sulfonamides is 1. The molecule has 2 N–H and O–H groups in total. The SMILES string of the molecule is CN(CCS(C)(=O)=O)C(=O)c1cc(S(N)(=O)=O)c(Br)o1. The molecule has 1 heterocycles. The molecule has 0 atom stereocenters. The van der Waals surface area contributed by atoms with Crippen LogP contribution in [0.2, 0.25) is 0 Å². The summed E-state index contributed by atoms with van der Waals surface area (Å²) in [5, 5.41) is 4.94. The molecule has 0 spiro atoms. The summed E-state index contributed by atoms with van der Waals surface area (Å²) < 4.78 is 49.2. The van der Waals surface area contributed by atoms with Gasteiger partial charge in [0.05, 0.1) is 5.75 Å². The first-order valence-electron chi connectivity index (χ1n) is 5.17. The van der Waals surface area contributed by atoms with Crippen molar-refractivity contribution in [2.45, 2.75) is 4.90 Å². The van der Waals surface area contributed by atoms with Crippen molar-refractivity contribution in [3.05, 3.63) is 16.5 Å². The van der Waals surface area contributed by atoms with Gasteiger partial charge in [-0.15, -0.1) is 0 Å². The third kappa shape index (κ3) is 4.58. The van der Waals surface area contributed by atoms with Crippen LogP contribution in [-0.4, -0.2) is 53.2 Å². The minimum Gasteiger partial charge on any atom is -0.443 e. The Balaban J connectivity index is 2.94. The van der Waals surface area contributed by atoms with Gasteiger partial charge in [0.1, 0.15) is 14.7 Å². The summed E-state index contributed by atoms with van der Waals surface area (Å²) in [6.45, 7) is -0.0410. The number of nitrogens with two attached hydrogens (primary N) is 1. The number of sulfone groups is 1. The lowest BCUT2D eigenvalue weighted by atomic mass is 10.4. The van der Waals surface area contributed by atoms with E-state index in [2.05, 4.69) is 15.9 Å². The summed E-state index contributed by atoms with van der Waals surface area (Å²) >= 11 is 2.85. The summed E-state index contributed by atoms with van der Waals surface area (Å²) in [4.78, 5) is 12.7. The van der Waals surface area contributed by atoms with Crippen molar-refractivity contribution in [2.75, 3.05) is 25.6 Å². The van der Waals surface area contributed by atoms with Gasteiger partial charge < -0.3 is 9.32 Å². The lowest BCUT2D eigenvalue weighted by molar-refractivity contribution is 0.0770. The molecule has 11 heteroatoms. The molecule has 0 unspecified atom stereocenters. The topological polar surface area (TPSA) is 128 Å². The van der Waals surface area contributed by atoms with Crippen LogP contribution in [0.4, 0.5) is 0 Å². The molecule has 0 aromatic carbocycles. The van der Waals surface area contributed by atoms with E-state index in [1.807, 2.05) is 0 Å². The molecule has 1 amide bonds. The molecule has 114 valence electrons. The molecule has 1 aromatic heterocycles. The van der Waals surface area contributed by atoms with Crippen molar-refractivity contribution in [2.24, 2.45) is 5.14 Å². The fourth-order valence-electron chi connectivity index (χ4n) is 1.24. The van der Waals surface area contributed by atoms with Crippen LogP contribution in [0.3, 0.4) is 0 Å². The number of furan rings is 1. The first-order valence-corrected chi connectivity index (χ1v) is 9.57. The number of nitrogens with zero attached hydrogens (tertiary/aromatic N) is 1. The molecule has 1 aromatic rings. The molecule has 0 aliphatic heterocycles. The van der Waals surface area contributed by atoms with Gasteiger partial charge >= 0.3 is 0 Å². The standard InChI is InChI=1S/C9H13BrN2O6S2/c1-12(3-4-19(2,14)15)9(13)6-5-7(8(10)18-6)20(11,16)17/h5H,3-4H2,1-2H3,(H2,11,16,17). The Hall–Kier alpha value is -0.910. The molecule has 20 heavy (non-hydrogen) atoms. The average molecular weight is 389 g/mol. The number of amides is 1. The van der Waals surface area contributed by atoms with Crippen molar-refractivity contribution >= 4 is 41.7 Å². The van der Waals surface area contributed by atoms with Crippen LogP contribution < -0.4 is 5.14 Å². The summed E-state index contributed by atoms with van der Waals surface area (Å²) in [6.07, 6.45) is 1.05. The largest absolute Gasteiger partial charge is 0.443 e. The molecule has 1 rings (SSSR count). The zero-order chi connectivity index (χ0) is 15.7.